The van der Waals surface area contributed by atoms with Crippen LogP contribution in [0.4, 0.5) is 0 Å². The third-order valence-electron chi connectivity index (χ3n) is 3.27. The fourth-order valence-corrected chi connectivity index (χ4v) is 3.07. The van der Waals surface area contributed by atoms with Crippen LogP contribution in [0.15, 0.2) is 36.4 Å². The number of likely N-dealkylation sites (N-methyl/N-ethyl adjacent to an activating group) is 1. The van der Waals surface area contributed by atoms with E-state index in [-0.39, 0.29) is 6.04 Å². The lowest BCUT2D eigenvalue weighted by molar-refractivity contribution is 0.273. The number of halogens is 3. The van der Waals surface area contributed by atoms with Gasteiger partial charge in [0.05, 0.1) is 16.1 Å². The van der Waals surface area contributed by atoms with Crippen molar-refractivity contribution in [2.75, 3.05) is 13.7 Å². The van der Waals surface area contributed by atoms with Gasteiger partial charge >= 0.3 is 0 Å². The van der Waals surface area contributed by atoms with E-state index in [9.17, 15) is 0 Å². The zero-order valence-corrected chi connectivity index (χ0v) is 14.1. The zero-order chi connectivity index (χ0) is 15.4. The van der Waals surface area contributed by atoms with Crippen LogP contribution >= 0.6 is 34.8 Å². The molecule has 0 spiro atoms. The minimum Gasteiger partial charge on any atom is -0.488 e. The first-order chi connectivity index (χ1) is 10.0. The predicted octanol–water partition coefficient (Wildman–Crippen LogP) is 5.29. The van der Waals surface area contributed by atoms with Crippen molar-refractivity contribution in [2.24, 2.45) is 0 Å². The van der Waals surface area contributed by atoms with Crippen molar-refractivity contribution in [3.8, 4) is 5.75 Å². The summed E-state index contributed by atoms with van der Waals surface area (Å²) < 4.78 is 5.80. The van der Waals surface area contributed by atoms with Gasteiger partial charge in [-0.25, -0.2) is 0 Å². The van der Waals surface area contributed by atoms with Gasteiger partial charge in [-0.1, -0.05) is 59.1 Å². The van der Waals surface area contributed by atoms with Gasteiger partial charge in [0.25, 0.3) is 0 Å². The molecule has 0 bridgehead atoms. The molecule has 1 N–H and O–H groups in total. The summed E-state index contributed by atoms with van der Waals surface area (Å²) in [6.45, 7) is 2.49. The molecule has 0 heterocycles. The molecule has 2 rings (SSSR count). The van der Waals surface area contributed by atoms with E-state index < -0.39 is 0 Å². The maximum atomic E-state index is 6.12. The molecule has 21 heavy (non-hydrogen) atoms. The average molecular weight is 345 g/mol. The SMILES string of the molecule is CNC(COc1c(Cl)cc(Cl)cc1Cl)c1ccccc1C. The number of hydrogen-bond acceptors (Lipinski definition) is 2. The summed E-state index contributed by atoms with van der Waals surface area (Å²) in [7, 11) is 1.89. The second-order valence-electron chi connectivity index (χ2n) is 4.71. The Balaban J connectivity index is 2.17. The van der Waals surface area contributed by atoms with E-state index in [0.717, 1.165) is 0 Å². The molecule has 1 unspecified atom stereocenters. The lowest BCUT2D eigenvalue weighted by Gasteiger charge is -2.20. The Morgan fingerprint density at radius 2 is 1.71 bits per heavy atom. The monoisotopic (exact) mass is 343 g/mol. The normalized spacial score (nSPS) is 12.2. The van der Waals surface area contributed by atoms with Crippen LogP contribution in [0, 0.1) is 6.92 Å². The highest BCUT2D eigenvalue weighted by Crippen LogP contribution is 2.36. The van der Waals surface area contributed by atoms with Crippen molar-refractivity contribution < 1.29 is 4.74 Å². The average Bonchev–Trinajstić information content (AvgIpc) is 2.43. The van der Waals surface area contributed by atoms with Gasteiger partial charge in [0.2, 0.25) is 0 Å². The van der Waals surface area contributed by atoms with Gasteiger partial charge in [0, 0.05) is 5.02 Å². The Labute approximate surface area is 140 Å². The number of rotatable bonds is 5. The summed E-state index contributed by atoms with van der Waals surface area (Å²) in [5, 5.41) is 4.55. The van der Waals surface area contributed by atoms with E-state index in [4.69, 9.17) is 39.5 Å². The number of benzene rings is 2. The molecule has 112 valence electrons. The lowest BCUT2D eigenvalue weighted by atomic mass is 10.0. The van der Waals surface area contributed by atoms with E-state index in [1.54, 1.807) is 12.1 Å². The molecule has 1 atom stereocenters. The van der Waals surface area contributed by atoms with Gasteiger partial charge in [-0.05, 0) is 37.2 Å². The van der Waals surface area contributed by atoms with Crippen LogP contribution in [-0.4, -0.2) is 13.7 Å². The number of aryl methyl sites for hydroxylation is 1. The molecule has 0 aliphatic rings. The molecule has 0 saturated carbocycles. The second-order valence-corrected chi connectivity index (χ2v) is 5.96. The van der Waals surface area contributed by atoms with Gasteiger partial charge in [-0.15, -0.1) is 0 Å². The summed E-state index contributed by atoms with van der Waals surface area (Å²) in [5.41, 5.74) is 2.38. The van der Waals surface area contributed by atoms with Crippen LogP contribution in [0.25, 0.3) is 0 Å². The number of nitrogens with one attached hydrogen (secondary N) is 1. The number of hydrogen-bond donors (Lipinski definition) is 1. The topological polar surface area (TPSA) is 21.3 Å². The summed E-state index contributed by atoms with van der Waals surface area (Å²) in [6.07, 6.45) is 0. The van der Waals surface area contributed by atoms with Crippen molar-refractivity contribution in [1.29, 1.82) is 0 Å². The number of ether oxygens (including phenoxy) is 1. The van der Waals surface area contributed by atoms with Crippen molar-refractivity contribution in [3.05, 3.63) is 62.6 Å². The first kappa shape index (κ1) is 16.4. The molecular weight excluding hydrogens is 329 g/mol. The maximum absolute atomic E-state index is 6.12. The Bertz CT molecular complexity index is 608. The van der Waals surface area contributed by atoms with Gasteiger partial charge in [-0.3, -0.25) is 0 Å². The van der Waals surface area contributed by atoms with Gasteiger partial charge in [0.15, 0.2) is 5.75 Å². The highest BCUT2D eigenvalue weighted by molar-refractivity contribution is 6.40. The molecule has 0 radical (unpaired) electrons. The summed E-state index contributed by atoms with van der Waals surface area (Å²) >= 11 is 18.1. The van der Waals surface area contributed by atoms with Crippen molar-refractivity contribution in [3.63, 3.8) is 0 Å². The van der Waals surface area contributed by atoms with Crippen LogP contribution in [0.3, 0.4) is 0 Å². The van der Waals surface area contributed by atoms with E-state index in [0.29, 0.717) is 27.4 Å². The smallest absolute Gasteiger partial charge is 0.156 e. The zero-order valence-electron chi connectivity index (χ0n) is 11.8. The molecule has 0 aromatic heterocycles. The standard InChI is InChI=1S/C16H16Cl3NO/c1-10-5-3-4-6-12(10)15(20-2)9-21-16-13(18)7-11(17)8-14(16)19/h3-8,15,20H,9H2,1-2H3. The van der Waals surface area contributed by atoms with Crippen LogP contribution in [0.5, 0.6) is 5.75 Å². The quantitative estimate of drug-likeness (QED) is 0.795. The van der Waals surface area contributed by atoms with Gasteiger partial charge in [0.1, 0.15) is 6.61 Å². The molecule has 5 heteroatoms. The Morgan fingerprint density at radius 3 is 2.29 bits per heavy atom. The van der Waals surface area contributed by atoms with Crippen LogP contribution < -0.4 is 10.1 Å². The summed E-state index contributed by atoms with van der Waals surface area (Å²) in [6, 6.07) is 11.5. The van der Waals surface area contributed by atoms with Gasteiger partial charge in [-0.2, -0.15) is 0 Å². The van der Waals surface area contributed by atoms with Crippen LogP contribution in [0.2, 0.25) is 15.1 Å². The third-order valence-corrected chi connectivity index (χ3v) is 4.05. The van der Waals surface area contributed by atoms with Crippen molar-refractivity contribution in [2.45, 2.75) is 13.0 Å². The van der Waals surface area contributed by atoms with E-state index in [1.807, 2.05) is 19.2 Å². The Kier molecular flexibility index (Phi) is 5.77. The molecule has 2 aromatic rings. The fourth-order valence-electron chi connectivity index (χ4n) is 2.14. The fraction of sp³-hybridized carbons (Fsp3) is 0.250. The van der Waals surface area contributed by atoms with Gasteiger partial charge < -0.3 is 10.1 Å². The molecule has 0 amide bonds. The minimum absolute atomic E-state index is 0.0500. The lowest BCUT2D eigenvalue weighted by Crippen LogP contribution is -2.24. The second kappa shape index (κ2) is 7.37. The molecule has 0 aliphatic heterocycles. The highest BCUT2D eigenvalue weighted by atomic mass is 35.5. The van der Waals surface area contributed by atoms with Crippen molar-refractivity contribution >= 4 is 34.8 Å². The summed E-state index contributed by atoms with van der Waals surface area (Å²) in [4.78, 5) is 0. The third kappa shape index (κ3) is 4.04. The molecule has 0 fully saturated rings. The molecule has 0 saturated heterocycles. The largest absolute Gasteiger partial charge is 0.488 e. The molecule has 2 aromatic carbocycles. The molecular formula is C16H16Cl3NO. The maximum Gasteiger partial charge on any atom is 0.156 e. The highest BCUT2D eigenvalue weighted by Gasteiger charge is 2.15. The first-order valence-electron chi connectivity index (χ1n) is 6.53. The van der Waals surface area contributed by atoms with E-state index in [1.165, 1.54) is 11.1 Å². The minimum atomic E-state index is 0.0500. The van der Waals surface area contributed by atoms with Crippen molar-refractivity contribution in [1.82, 2.24) is 5.32 Å². The van der Waals surface area contributed by atoms with Crippen LogP contribution in [0.1, 0.15) is 17.2 Å². The first-order valence-corrected chi connectivity index (χ1v) is 7.66. The molecule has 0 aliphatic carbocycles. The summed E-state index contributed by atoms with van der Waals surface area (Å²) in [5.74, 6) is 0.455. The Morgan fingerprint density at radius 1 is 1.10 bits per heavy atom. The Hall–Kier alpha value is -0.930. The van der Waals surface area contributed by atoms with E-state index >= 15 is 0 Å². The predicted molar refractivity (Wildman–Crippen MR) is 89.9 cm³/mol. The van der Waals surface area contributed by atoms with E-state index in [2.05, 4.69) is 24.4 Å². The molecule has 2 nitrogen and oxygen atoms in total. The van der Waals surface area contributed by atoms with Crippen LogP contribution in [-0.2, 0) is 0 Å².